The van der Waals surface area contributed by atoms with Crippen LogP contribution in [0, 0.1) is 0 Å². The van der Waals surface area contributed by atoms with E-state index in [9.17, 15) is 4.79 Å². The highest BCUT2D eigenvalue weighted by Gasteiger charge is 2.04. The largest absolute Gasteiger partial charge is 0.489 e. The van der Waals surface area contributed by atoms with Crippen LogP contribution in [0.5, 0.6) is 5.75 Å². The molecule has 1 amide bonds. The first-order chi connectivity index (χ1) is 10.2. The van der Waals surface area contributed by atoms with Crippen molar-refractivity contribution in [1.82, 2.24) is 5.32 Å². The van der Waals surface area contributed by atoms with E-state index in [0.717, 1.165) is 5.56 Å². The molecule has 0 aliphatic rings. The molecule has 0 aliphatic heterocycles. The molecule has 0 aliphatic carbocycles. The molecule has 0 fully saturated rings. The lowest BCUT2D eigenvalue weighted by Crippen LogP contribution is -2.26. The van der Waals surface area contributed by atoms with Gasteiger partial charge in [0.25, 0.3) is 5.91 Å². The predicted molar refractivity (Wildman–Crippen MR) is 81.6 cm³/mol. The minimum absolute atomic E-state index is 0.0768. The molecule has 2 N–H and O–H groups in total. The Balaban J connectivity index is 1.92. The van der Waals surface area contributed by atoms with Gasteiger partial charge in [-0.25, -0.2) is 0 Å². The third kappa shape index (κ3) is 4.77. The third-order valence-electron chi connectivity index (χ3n) is 2.81. The first-order valence-corrected chi connectivity index (χ1v) is 6.93. The molecule has 0 saturated heterocycles. The van der Waals surface area contributed by atoms with Gasteiger partial charge in [0.1, 0.15) is 12.4 Å². The Hall–Kier alpha value is -2.04. The molecule has 4 nitrogen and oxygen atoms in total. The van der Waals surface area contributed by atoms with Gasteiger partial charge in [0.15, 0.2) is 0 Å². The second-order valence-corrected chi connectivity index (χ2v) is 4.86. The second-order valence-electron chi connectivity index (χ2n) is 4.42. The van der Waals surface area contributed by atoms with Gasteiger partial charge < -0.3 is 15.2 Å². The summed E-state index contributed by atoms with van der Waals surface area (Å²) >= 11 is 5.91. The third-order valence-corrected chi connectivity index (χ3v) is 3.04. The number of aliphatic hydroxyl groups excluding tert-OH is 1. The van der Waals surface area contributed by atoms with Crippen LogP contribution in [-0.4, -0.2) is 24.2 Å². The zero-order valence-electron chi connectivity index (χ0n) is 11.4. The lowest BCUT2D eigenvalue weighted by molar-refractivity contribution is 0.0944. The molecule has 2 aromatic carbocycles. The molecule has 0 radical (unpaired) electrons. The molecule has 2 rings (SSSR count). The van der Waals surface area contributed by atoms with Gasteiger partial charge in [0.2, 0.25) is 0 Å². The molecule has 0 aromatic heterocycles. The number of carbonyl (C=O) groups excluding carboxylic acids is 1. The molecule has 0 heterocycles. The summed E-state index contributed by atoms with van der Waals surface area (Å²) in [4.78, 5) is 11.7. The zero-order valence-corrected chi connectivity index (χ0v) is 12.1. The lowest BCUT2D eigenvalue weighted by Gasteiger charge is -2.08. The summed E-state index contributed by atoms with van der Waals surface area (Å²) in [7, 11) is 0. The number of amides is 1. The van der Waals surface area contributed by atoms with E-state index < -0.39 is 0 Å². The van der Waals surface area contributed by atoms with Crippen molar-refractivity contribution in [3.8, 4) is 5.75 Å². The van der Waals surface area contributed by atoms with E-state index in [0.29, 0.717) is 22.9 Å². The Morgan fingerprint density at radius 2 is 1.95 bits per heavy atom. The van der Waals surface area contributed by atoms with Crippen LogP contribution in [-0.2, 0) is 6.61 Å². The Morgan fingerprint density at radius 1 is 1.19 bits per heavy atom. The van der Waals surface area contributed by atoms with Crippen molar-refractivity contribution in [1.29, 1.82) is 0 Å². The maximum atomic E-state index is 11.7. The van der Waals surface area contributed by atoms with Crippen molar-refractivity contribution in [3.63, 3.8) is 0 Å². The summed E-state index contributed by atoms with van der Waals surface area (Å²) in [6.45, 7) is 0.578. The van der Waals surface area contributed by atoms with Crippen molar-refractivity contribution in [3.05, 3.63) is 64.7 Å². The predicted octanol–water partition coefficient (Wildman–Crippen LogP) is 2.64. The molecule has 5 heteroatoms. The smallest absolute Gasteiger partial charge is 0.251 e. The highest BCUT2D eigenvalue weighted by Crippen LogP contribution is 2.16. The number of carbonyl (C=O) groups is 1. The summed E-state index contributed by atoms with van der Waals surface area (Å²) in [5, 5.41) is 11.9. The quantitative estimate of drug-likeness (QED) is 0.862. The maximum Gasteiger partial charge on any atom is 0.251 e. The summed E-state index contributed by atoms with van der Waals surface area (Å²) in [6.07, 6.45) is 0. The van der Waals surface area contributed by atoms with Gasteiger partial charge in [0.05, 0.1) is 6.61 Å². The van der Waals surface area contributed by atoms with Crippen LogP contribution in [0.1, 0.15) is 15.9 Å². The molecule has 0 atom stereocenters. The Labute approximate surface area is 128 Å². The minimum atomic E-state index is -0.217. The van der Waals surface area contributed by atoms with Gasteiger partial charge in [0, 0.05) is 17.1 Å². The average molecular weight is 306 g/mol. The van der Waals surface area contributed by atoms with Crippen LogP contribution >= 0.6 is 11.6 Å². The van der Waals surface area contributed by atoms with E-state index >= 15 is 0 Å². The van der Waals surface area contributed by atoms with Crippen molar-refractivity contribution >= 4 is 17.5 Å². The van der Waals surface area contributed by atoms with Crippen LogP contribution in [0.25, 0.3) is 0 Å². The minimum Gasteiger partial charge on any atom is -0.489 e. The summed E-state index contributed by atoms with van der Waals surface area (Å²) < 4.78 is 5.63. The highest BCUT2D eigenvalue weighted by atomic mass is 35.5. The maximum absolute atomic E-state index is 11.7. The summed E-state index contributed by atoms with van der Waals surface area (Å²) in [5.74, 6) is 0.458. The van der Waals surface area contributed by atoms with Crippen molar-refractivity contribution < 1.29 is 14.6 Å². The van der Waals surface area contributed by atoms with Crippen LogP contribution in [0.15, 0.2) is 48.5 Å². The molecular formula is C16H16ClNO3. The lowest BCUT2D eigenvalue weighted by atomic mass is 10.2. The number of hydrogen-bond acceptors (Lipinski definition) is 3. The molecule has 2 aromatic rings. The Bertz CT molecular complexity index is 599. The first-order valence-electron chi connectivity index (χ1n) is 6.55. The van der Waals surface area contributed by atoms with Crippen molar-refractivity contribution in [2.45, 2.75) is 6.61 Å². The van der Waals surface area contributed by atoms with Crippen LogP contribution < -0.4 is 10.1 Å². The topological polar surface area (TPSA) is 58.6 Å². The number of benzene rings is 2. The molecule has 21 heavy (non-hydrogen) atoms. The summed E-state index contributed by atoms with van der Waals surface area (Å²) in [6, 6.07) is 14.3. The van der Waals surface area contributed by atoms with Crippen molar-refractivity contribution in [2.24, 2.45) is 0 Å². The Morgan fingerprint density at radius 3 is 2.62 bits per heavy atom. The van der Waals surface area contributed by atoms with Gasteiger partial charge in [-0.3, -0.25) is 4.79 Å². The van der Waals surface area contributed by atoms with E-state index in [1.54, 1.807) is 24.3 Å². The fourth-order valence-electron chi connectivity index (χ4n) is 1.77. The Kier molecular flexibility index (Phi) is 5.60. The molecule has 0 saturated carbocycles. The fourth-order valence-corrected chi connectivity index (χ4v) is 1.98. The number of hydrogen-bond donors (Lipinski definition) is 2. The van der Waals surface area contributed by atoms with E-state index in [1.165, 1.54) is 0 Å². The standard InChI is InChI=1S/C16H16ClNO3/c17-14-3-1-2-12(10-14)11-21-15-6-4-13(5-7-15)16(20)18-8-9-19/h1-7,10,19H,8-9,11H2,(H,18,20). The molecule has 0 spiro atoms. The SMILES string of the molecule is O=C(NCCO)c1ccc(OCc2cccc(Cl)c2)cc1. The molecule has 0 bridgehead atoms. The van der Waals surface area contributed by atoms with E-state index in [-0.39, 0.29) is 19.1 Å². The van der Waals surface area contributed by atoms with E-state index in [1.807, 2.05) is 24.3 Å². The average Bonchev–Trinajstić information content (AvgIpc) is 2.51. The molecule has 0 unspecified atom stereocenters. The van der Waals surface area contributed by atoms with Gasteiger partial charge in [-0.05, 0) is 42.0 Å². The molecule has 110 valence electrons. The number of aliphatic hydroxyl groups is 1. The molecular weight excluding hydrogens is 290 g/mol. The van der Waals surface area contributed by atoms with Gasteiger partial charge in [-0.15, -0.1) is 0 Å². The highest BCUT2D eigenvalue weighted by molar-refractivity contribution is 6.30. The van der Waals surface area contributed by atoms with Gasteiger partial charge >= 0.3 is 0 Å². The van der Waals surface area contributed by atoms with Crippen LogP contribution in [0.3, 0.4) is 0 Å². The number of halogens is 1. The van der Waals surface area contributed by atoms with Crippen molar-refractivity contribution in [2.75, 3.05) is 13.2 Å². The number of ether oxygens (including phenoxy) is 1. The summed E-state index contributed by atoms with van der Waals surface area (Å²) in [5.41, 5.74) is 1.51. The first kappa shape index (κ1) is 15.4. The van der Waals surface area contributed by atoms with E-state index in [2.05, 4.69) is 5.32 Å². The number of nitrogens with one attached hydrogen (secondary N) is 1. The fraction of sp³-hybridized carbons (Fsp3) is 0.188. The van der Waals surface area contributed by atoms with Gasteiger partial charge in [-0.2, -0.15) is 0 Å². The van der Waals surface area contributed by atoms with Crippen LogP contribution in [0.4, 0.5) is 0 Å². The van der Waals surface area contributed by atoms with E-state index in [4.69, 9.17) is 21.4 Å². The zero-order chi connectivity index (χ0) is 15.1. The van der Waals surface area contributed by atoms with Crippen LogP contribution in [0.2, 0.25) is 5.02 Å². The normalized spacial score (nSPS) is 10.2. The second kappa shape index (κ2) is 7.67. The monoisotopic (exact) mass is 305 g/mol. The number of rotatable bonds is 6. The van der Waals surface area contributed by atoms with Gasteiger partial charge in [-0.1, -0.05) is 23.7 Å².